The molecule has 0 radical (unpaired) electrons. The van der Waals surface area contributed by atoms with Crippen LogP contribution in [0.15, 0.2) is 46.9 Å². The Morgan fingerprint density at radius 2 is 1.84 bits per heavy atom. The maximum atomic E-state index is 15.5. The average Bonchev–Trinajstić information content (AvgIpc) is 3.47. The van der Waals surface area contributed by atoms with Gasteiger partial charge in [0.05, 0.1) is 11.9 Å². The van der Waals surface area contributed by atoms with E-state index in [4.69, 9.17) is 0 Å². The molecule has 1 spiro atoms. The van der Waals surface area contributed by atoms with Crippen LogP contribution in [-0.2, 0) is 5.41 Å². The van der Waals surface area contributed by atoms with Crippen molar-refractivity contribution in [3.05, 3.63) is 69.9 Å². The van der Waals surface area contributed by atoms with Crippen LogP contribution in [0, 0.1) is 5.82 Å². The van der Waals surface area contributed by atoms with Crippen LogP contribution in [-0.4, -0.2) is 42.5 Å². The number of nitrogens with zero attached hydrogens (tertiary/aromatic N) is 3. The summed E-state index contributed by atoms with van der Waals surface area (Å²) in [6.07, 6.45) is 9.12. The molecule has 4 aliphatic rings. The molecule has 2 aliphatic heterocycles. The van der Waals surface area contributed by atoms with Gasteiger partial charge < -0.3 is 15.5 Å². The molecule has 5 nitrogen and oxygen atoms in total. The van der Waals surface area contributed by atoms with Gasteiger partial charge in [0.25, 0.3) is 0 Å². The predicted octanol–water partition coefficient (Wildman–Crippen LogP) is 6.36. The third-order valence-electron chi connectivity index (χ3n) is 9.12. The van der Waals surface area contributed by atoms with Gasteiger partial charge in [-0.05, 0) is 100 Å². The highest BCUT2D eigenvalue weighted by Gasteiger charge is 2.45. The van der Waals surface area contributed by atoms with Crippen molar-refractivity contribution >= 4 is 23.3 Å². The number of anilines is 1. The minimum Gasteiger partial charge on any atom is -0.344 e. The number of aliphatic imine (C=N–C) groups is 1. The Morgan fingerprint density at radius 1 is 1.08 bits per heavy atom. The summed E-state index contributed by atoms with van der Waals surface area (Å²) >= 11 is 0. The first kappa shape index (κ1) is 24.3. The molecule has 1 aromatic heterocycles. The second-order valence-electron chi connectivity index (χ2n) is 11.2. The monoisotopic (exact) mass is 503 g/mol. The van der Waals surface area contributed by atoms with E-state index in [0.717, 1.165) is 62.8 Å². The normalized spacial score (nSPS) is 23.6. The molecule has 1 aromatic carbocycles. The summed E-state index contributed by atoms with van der Waals surface area (Å²) in [4.78, 5) is 11.2. The number of rotatable bonds is 4. The van der Waals surface area contributed by atoms with E-state index in [1.807, 2.05) is 25.3 Å². The van der Waals surface area contributed by atoms with Crippen molar-refractivity contribution in [3.63, 3.8) is 0 Å². The predicted molar refractivity (Wildman–Crippen MR) is 146 cm³/mol. The first-order valence-electron chi connectivity index (χ1n) is 13.5. The van der Waals surface area contributed by atoms with Crippen molar-refractivity contribution in [2.24, 2.45) is 4.99 Å². The first-order chi connectivity index (χ1) is 17.9. The third-order valence-corrected chi connectivity index (χ3v) is 9.12. The second kappa shape index (κ2) is 9.35. The molecule has 2 N–H and O–H groups in total. The van der Waals surface area contributed by atoms with Gasteiger partial charge >= 0.3 is 0 Å². The highest BCUT2D eigenvalue weighted by atomic mass is 19.1. The van der Waals surface area contributed by atoms with Crippen molar-refractivity contribution < 1.29 is 8.78 Å². The third kappa shape index (κ3) is 4.17. The fourth-order valence-corrected chi connectivity index (χ4v) is 6.84. The van der Waals surface area contributed by atoms with E-state index < -0.39 is 12.1 Å². The molecule has 37 heavy (non-hydrogen) atoms. The summed E-state index contributed by atoms with van der Waals surface area (Å²) in [5.41, 5.74) is 5.92. The average molecular weight is 504 g/mol. The van der Waals surface area contributed by atoms with Crippen LogP contribution in [0.5, 0.6) is 0 Å². The smallest absolute Gasteiger partial charge is 0.195 e. The van der Waals surface area contributed by atoms with Crippen LogP contribution < -0.4 is 10.6 Å². The number of halogens is 2. The topological polar surface area (TPSA) is 52.6 Å². The summed E-state index contributed by atoms with van der Waals surface area (Å²) in [5, 5.41) is 6.38. The molecule has 3 heterocycles. The van der Waals surface area contributed by atoms with Gasteiger partial charge in [0, 0.05) is 22.7 Å². The van der Waals surface area contributed by atoms with E-state index in [1.165, 1.54) is 23.4 Å². The van der Waals surface area contributed by atoms with Gasteiger partial charge in [0.2, 0.25) is 0 Å². The van der Waals surface area contributed by atoms with Gasteiger partial charge in [0.15, 0.2) is 12.1 Å². The SMILES string of the molecule is CC1=C(C)C2(CCCC2)c2cc(C3=C(F)C=NC(Nc4ccc(C5CCN(C)CC5)cn4)N3)cc(F)c21. The lowest BCUT2D eigenvalue weighted by atomic mass is 9.76. The summed E-state index contributed by atoms with van der Waals surface area (Å²) in [6.45, 7) is 6.35. The highest BCUT2D eigenvalue weighted by Crippen LogP contribution is 2.56. The summed E-state index contributed by atoms with van der Waals surface area (Å²) in [6, 6.07) is 7.52. The van der Waals surface area contributed by atoms with Crippen LogP contribution in [0.25, 0.3) is 11.3 Å². The number of aromatic nitrogens is 1. The number of benzene rings is 1. The Hall–Kier alpha value is -3.06. The molecule has 0 bridgehead atoms. The molecule has 2 fully saturated rings. The summed E-state index contributed by atoms with van der Waals surface area (Å²) in [5.74, 6) is 0.413. The Kier molecular flexibility index (Phi) is 6.14. The molecule has 2 aromatic rings. The fraction of sp³-hybridized carbons (Fsp3) is 0.467. The Morgan fingerprint density at radius 3 is 2.54 bits per heavy atom. The summed E-state index contributed by atoms with van der Waals surface area (Å²) in [7, 11) is 2.16. The van der Waals surface area contributed by atoms with Gasteiger partial charge in [0.1, 0.15) is 11.6 Å². The van der Waals surface area contributed by atoms with Crippen LogP contribution in [0.1, 0.15) is 80.5 Å². The van der Waals surface area contributed by atoms with Gasteiger partial charge in [-0.2, -0.15) is 0 Å². The molecule has 1 saturated carbocycles. The summed E-state index contributed by atoms with van der Waals surface area (Å²) < 4.78 is 30.5. The van der Waals surface area contributed by atoms with Crippen molar-refractivity contribution in [3.8, 4) is 0 Å². The number of likely N-dealkylation sites (tertiary alicyclic amines) is 1. The molecule has 1 saturated heterocycles. The lowest BCUT2D eigenvalue weighted by molar-refractivity contribution is 0.255. The van der Waals surface area contributed by atoms with Crippen molar-refractivity contribution in [2.45, 2.75) is 70.0 Å². The van der Waals surface area contributed by atoms with Crippen LogP contribution in [0.3, 0.4) is 0 Å². The van der Waals surface area contributed by atoms with E-state index in [9.17, 15) is 0 Å². The van der Waals surface area contributed by atoms with E-state index in [2.05, 4.69) is 45.5 Å². The van der Waals surface area contributed by atoms with E-state index >= 15 is 8.78 Å². The lowest BCUT2D eigenvalue weighted by Gasteiger charge is -2.29. The van der Waals surface area contributed by atoms with Gasteiger partial charge in [-0.25, -0.2) is 18.8 Å². The molecule has 6 rings (SSSR count). The maximum absolute atomic E-state index is 15.5. The Labute approximate surface area is 217 Å². The van der Waals surface area contributed by atoms with E-state index in [0.29, 0.717) is 22.9 Å². The number of pyridine rings is 1. The number of fused-ring (bicyclic) bond motifs is 2. The first-order valence-corrected chi connectivity index (χ1v) is 13.5. The highest BCUT2D eigenvalue weighted by molar-refractivity contribution is 5.91. The van der Waals surface area contributed by atoms with Crippen molar-refractivity contribution in [1.29, 1.82) is 0 Å². The molecular weight excluding hydrogens is 468 g/mol. The second-order valence-corrected chi connectivity index (χ2v) is 11.2. The number of hydrogen-bond donors (Lipinski definition) is 2. The zero-order valence-electron chi connectivity index (χ0n) is 21.9. The quantitative estimate of drug-likeness (QED) is 0.510. The van der Waals surface area contributed by atoms with Gasteiger partial charge in [-0.15, -0.1) is 0 Å². The van der Waals surface area contributed by atoms with Gasteiger partial charge in [-0.3, -0.25) is 0 Å². The number of nitrogens with one attached hydrogen (secondary N) is 2. The van der Waals surface area contributed by atoms with E-state index in [-0.39, 0.29) is 16.9 Å². The molecule has 1 atom stereocenters. The molecule has 0 amide bonds. The van der Waals surface area contributed by atoms with Crippen LogP contribution in [0.4, 0.5) is 14.6 Å². The minimum absolute atomic E-state index is 0.118. The zero-order valence-corrected chi connectivity index (χ0v) is 21.9. The van der Waals surface area contributed by atoms with Crippen LogP contribution >= 0.6 is 0 Å². The Bertz CT molecular complexity index is 1300. The van der Waals surface area contributed by atoms with Crippen LogP contribution in [0.2, 0.25) is 0 Å². The van der Waals surface area contributed by atoms with Gasteiger partial charge in [-0.1, -0.05) is 24.5 Å². The number of allylic oxidation sites excluding steroid dienone is 3. The molecule has 194 valence electrons. The zero-order chi connectivity index (χ0) is 25.7. The molecular formula is C30H35F2N5. The van der Waals surface area contributed by atoms with Crippen molar-refractivity contribution in [1.82, 2.24) is 15.2 Å². The lowest BCUT2D eigenvalue weighted by Crippen LogP contribution is -2.36. The van der Waals surface area contributed by atoms with Crippen molar-refractivity contribution in [2.75, 3.05) is 25.5 Å². The molecule has 7 heteroatoms. The van der Waals surface area contributed by atoms with E-state index in [1.54, 1.807) is 0 Å². The molecule has 2 aliphatic carbocycles. The fourth-order valence-electron chi connectivity index (χ4n) is 6.84. The minimum atomic E-state index is -0.602. The number of hydrogen-bond acceptors (Lipinski definition) is 5. The Balaban J connectivity index is 1.21. The standard InChI is InChI=1S/C30H35F2N5/c1-18-19(2)30(10-4-5-11-30)23-14-22(15-24(31)27(18)23)28-25(32)17-34-29(36-28)35-26-7-6-21(16-33-26)20-8-12-37(3)13-9-20/h6-7,14-17,20,29,36H,4-5,8-13H2,1-3H3,(H,33,35). The maximum Gasteiger partial charge on any atom is 0.195 e. The number of piperidine rings is 1. The largest absolute Gasteiger partial charge is 0.344 e. The molecule has 1 unspecified atom stereocenters.